The van der Waals surface area contributed by atoms with Crippen LogP contribution in [0, 0.1) is 44.3 Å². The summed E-state index contributed by atoms with van der Waals surface area (Å²) in [4.78, 5) is 13.2. The Balaban J connectivity index is 1.17. The second kappa shape index (κ2) is 15.1. The van der Waals surface area contributed by atoms with Crippen LogP contribution in [0.3, 0.4) is 0 Å². The van der Waals surface area contributed by atoms with Crippen LogP contribution in [0.1, 0.15) is 204 Å². The summed E-state index contributed by atoms with van der Waals surface area (Å²) in [6.45, 7) is 22.0. The molecule has 3 heteroatoms. The fraction of sp³-hybridized carbons (Fsp3) is 0.891. The molecule has 5 aliphatic rings. The molecule has 280 valence electrons. The first-order valence-corrected chi connectivity index (χ1v) is 21.4. The molecule has 0 aromatic carbocycles. The van der Waals surface area contributed by atoms with Gasteiger partial charge in [0, 0.05) is 23.7 Å². The highest BCUT2D eigenvalue weighted by atomic mass is 16.5. The molecular formula is C46H78O3. The fourth-order valence-corrected chi connectivity index (χ4v) is 12.4. The van der Waals surface area contributed by atoms with Crippen molar-refractivity contribution in [3.8, 4) is 0 Å². The van der Waals surface area contributed by atoms with Crippen molar-refractivity contribution < 1.29 is 14.6 Å². The molecule has 0 radical (unpaired) electrons. The molecular weight excluding hydrogens is 601 g/mol. The Kier molecular flexibility index (Phi) is 12.1. The number of hydrogen-bond donors (Lipinski definition) is 1. The summed E-state index contributed by atoms with van der Waals surface area (Å²) in [5, 5.41) is 12.2. The molecule has 8 atom stereocenters. The third kappa shape index (κ3) is 7.42. The SMILES string of the molecule is CCCCCCCCCCCCCCCC(=O)O[C@H]1C[C@@H](O)[C@]2(C)C3=CC=C4[C@@H]5CC(C)(C)CC[C@]5(C)CC[C@@]4(C)[C@]3(C)CC[C@H]2C1(C)C. The molecule has 0 heterocycles. The van der Waals surface area contributed by atoms with E-state index in [2.05, 4.69) is 74.5 Å². The van der Waals surface area contributed by atoms with E-state index in [1.165, 1.54) is 108 Å². The van der Waals surface area contributed by atoms with Gasteiger partial charge in [-0.2, -0.15) is 0 Å². The Hall–Kier alpha value is -1.09. The van der Waals surface area contributed by atoms with Crippen LogP contribution >= 0.6 is 0 Å². The predicted molar refractivity (Wildman–Crippen MR) is 206 cm³/mol. The standard InChI is InChI=1S/C46H78O3/c1-10-11-12-13-14-15-16-17-18-19-20-21-22-23-40(48)49-39-32-38(47)46(9)36(42(39,4)5)26-27-45(8)37(46)25-24-34-35-33-41(2,3)28-29-43(35,6)30-31-44(34,45)7/h24-25,35-36,38-39,47H,10-23,26-33H2,1-9H3/t35-,36-,38+,39-,43+,44+,45+,46-/m0/s1. The molecule has 3 nitrogen and oxygen atoms in total. The van der Waals surface area contributed by atoms with Gasteiger partial charge in [0.25, 0.3) is 0 Å². The van der Waals surface area contributed by atoms with Gasteiger partial charge in [0.2, 0.25) is 0 Å². The molecule has 0 spiro atoms. The molecule has 0 unspecified atom stereocenters. The van der Waals surface area contributed by atoms with Crippen molar-refractivity contribution in [1.29, 1.82) is 0 Å². The van der Waals surface area contributed by atoms with E-state index in [4.69, 9.17) is 4.74 Å². The maximum Gasteiger partial charge on any atom is 0.306 e. The number of aliphatic hydroxyl groups excluding tert-OH is 1. The van der Waals surface area contributed by atoms with Gasteiger partial charge in [-0.25, -0.2) is 0 Å². The van der Waals surface area contributed by atoms with E-state index in [1.54, 1.807) is 5.57 Å². The zero-order chi connectivity index (χ0) is 35.7. The minimum Gasteiger partial charge on any atom is -0.462 e. The lowest BCUT2D eigenvalue weighted by Gasteiger charge is -2.69. The number of carbonyl (C=O) groups excluding carboxylic acids is 1. The second-order valence-corrected chi connectivity index (χ2v) is 20.4. The highest BCUT2D eigenvalue weighted by Crippen LogP contribution is 2.74. The van der Waals surface area contributed by atoms with E-state index < -0.39 is 6.10 Å². The van der Waals surface area contributed by atoms with Crippen LogP contribution < -0.4 is 0 Å². The van der Waals surface area contributed by atoms with Crippen molar-refractivity contribution in [2.24, 2.45) is 44.3 Å². The van der Waals surface area contributed by atoms with Crippen molar-refractivity contribution in [3.63, 3.8) is 0 Å². The lowest BCUT2D eigenvalue weighted by atomic mass is 9.35. The molecule has 0 bridgehead atoms. The maximum absolute atomic E-state index is 13.2. The maximum atomic E-state index is 13.2. The number of esters is 1. The third-order valence-corrected chi connectivity index (χ3v) is 16.3. The normalized spacial score (nSPS) is 39.1. The largest absolute Gasteiger partial charge is 0.462 e. The van der Waals surface area contributed by atoms with Crippen LogP contribution in [-0.2, 0) is 9.53 Å². The molecule has 4 saturated carbocycles. The molecule has 5 aliphatic carbocycles. The number of allylic oxidation sites excluding steroid dienone is 3. The first-order chi connectivity index (χ1) is 23.1. The molecule has 0 aromatic heterocycles. The number of unbranched alkanes of at least 4 members (excludes halogenated alkanes) is 12. The molecule has 0 saturated heterocycles. The lowest BCUT2D eigenvalue weighted by Crippen LogP contribution is -2.65. The number of ether oxygens (including phenoxy) is 1. The van der Waals surface area contributed by atoms with Crippen molar-refractivity contribution in [2.75, 3.05) is 0 Å². The third-order valence-electron chi connectivity index (χ3n) is 16.3. The van der Waals surface area contributed by atoms with Gasteiger partial charge in [0.1, 0.15) is 6.10 Å². The van der Waals surface area contributed by atoms with E-state index in [-0.39, 0.29) is 39.7 Å². The fourth-order valence-electron chi connectivity index (χ4n) is 12.4. The molecule has 49 heavy (non-hydrogen) atoms. The van der Waals surface area contributed by atoms with E-state index >= 15 is 0 Å². The van der Waals surface area contributed by atoms with E-state index in [9.17, 15) is 9.90 Å². The van der Waals surface area contributed by atoms with Crippen molar-refractivity contribution in [2.45, 2.75) is 216 Å². The Morgan fingerprint density at radius 1 is 0.735 bits per heavy atom. The highest BCUT2D eigenvalue weighted by molar-refractivity contribution is 5.69. The van der Waals surface area contributed by atoms with Crippen LogP contribution in [-0.4, -0.2) is 23.3 Å². The number of rotatable bonds is 15. The second-order valence-electron chi connectivity index (χ2n) is 20.4. The molecule has 4 fully saturated rings. The minimum absolute atomic E-state index is 0.0417. The molecule has 5 rings (SSSR count). The molecule has 0 aromatic rings. The van der Waals surface area contributed by atoms with Crippen molar-refractivity contribution >= 4 is 5.97 Å². The smallest absolute Gasteiger partial charge is 0.306 e. The average molecular weight is 679 g/mol. The van der Waals surface area contributed by atoms with Gasteiger partial charge in [-0.05, 0) is 84.9 Å². The van der Waals surface area contributed by atoms with Gasteiger partial charge in [-0.3, -0.25) is 4.79 Å². The van der Waals surface area contributed by atoms with Crippen LogP contribution in [0.4, 0.5) is 0 Å². The van der Waals surface area contributed by atoms with Crippen LogP contribution in [0.2, 0.25) is 0 Å². The molecule has 0 amide bonds. The van der Waals surface area contributed by atoms with E-state index in [1.807, 2.05) is 0 Å². The van der Waals surface area contributed by atoms with Gasteiger partial charge >= 0.3 is 5.97 Å². The Morgan fingerprint density at radius 2 is 1.31 bits per heavy atom. The van der Waals surface area contributed by atoms with Crippen LogP contribution in [0.5, 0.6) is 0 Å². The number of carbonyl (C=O) groups is 1. The first-order valence-electron chi connectivity index (χ1n) is 21.4. The van der Waals surface area contributed by atoms with Crippen molar-refractivity contribution in [1.82, 2.24) is 0 Å². The van der Waals surface area contributed by atoms with Gasteiger partial charge in [0.15, 0.2) is 0 Å². The van der Waals surface area contributed by atoms with Gasteiger partial charge < -0.3 is 9.84 Å². The highest BCUT2D eigenvalue weighted by Gasteiger charge is 2.68. The molecule has 1 N–H and O–H groups in total. The molecule has 0 aliphatic heterocycles. The van der Waals surface area contributed by atoms with Crippen molar-refractivity contribution in [3.05, 3.63) is 23.3 Å². The van der Waals surface area contributed by atoms with E-state index in [0.717, 1.165) is 25.7 Å². The Morgan fingerprint density at radius 3 is 1.92 bits per heavy atom. The summed E-state index contributed by atoms with van der Waals surface area (Å²) >= 11 is 0. The number of aliphatic hydroxyl groups is 1. The zero-order valence-corrected chi connectivity index (χ0v) is 33.8. The number of hydrogen-bond acceptors (Lipinski definition) is 3. The Labute approximate surface area is 303 Å². The quantitative estimate of drug-likeness (QED) is 0.138. The summed E-state index contributed by atoms with van der Waals surface area (Å²) in [5.41, 5.74) is 3.69. The number of fused-ring (bicyclic) bond motifs is 7. The minimum atomic E-state index is -0.508. The van der Waals surface area contributed by atoms with E-state index in [0.29, 0.717) is 29.6 Å². The summed E-state index contributed by atoms with van der Waals surface area (Å²) in [6.07, 6.45) is 31.1. The summed E-state index contributed by atoms with van der Waals surface area (Å²) in [5.74, 6) is 0.870. The van der Waals surface area contributed by atoms with Crippen LogP contribution in [0.15, 0.2) is 23.3 Å². The first kappa shape index (κ1) is 39.1. The summed E-state index contributed by atoms with van der Waals surface area (Å²) < 4.78 is 6.30. The van der Waals surface area contributed by atoms with Gasteiger partial charge in [-0.1, -0.05) is 163 Å². The average Bonchev–Trinajstić information content (AvgIpc) is 3.03. The summed E-state index contributed by atoms with van der Waals surface area (Å²) in [6, 6.07) is 0. The summed E-state index contributed by atoms with van der Waals surface area (Å²) in [7, 11) is 0. The van der Waals surface area contributed by atoms with Crippen LogP contribution in [0.25, 0.3) is 0 Å². The topological polar surface area (TPSA) is 46.5 Å². The van der Waals surface area contributed by atoms with Gasteiger partial charge in [0.05, 0.1) is 6.10 Å². The predicted octanol–water partition coefficient (Wildman–Crippen LogP) is 13.1. The Bertz CT molecular complexity index is 1210. The zero-order valence-electron chi connectivity index (χ0n) is 33.8. The monoisotopic (exact) mass is 679 g/mol. The van der Waals surface area contributed by atoms with Gasteiger partial charge in [-0.15, -0.1) is 0 Å². The lowest BCUT2D eigenvalue weighted by molar-refractivity contribution is -0.197.